The molecule has 0 radical (unpaired) electrons. The van der Waals surface area contributed by atoms with Gasteiger partial charge in [0, 0.05) is 35.7 Å². The predicted molar refractivity (Wildman–Crippen MR) is 122 cm³/mol. The Morgan fingerprint density at radius 3 is 2.59 bits per heavy atom. The fourth-order valence-corrected chi connectivity index (χ4v) is 3.24. The summed E-state index contributed by atoms with van der Waals surface area (Å²) in [4.78, 5) is 36.4. The Balaban J connectivity index is 2.02. The number of hydrogen-bond acceptors (Lipinski definition) is 5. The number of nitrogens with zero attached hydrogens (tertiary/aromatic N) is 2. The van der Waals surface area contributed by atoms with E-state index in [2.05, 4.69) is 22.1 Å². The summed E-state index contributed by atoms with van der Waals surface area (Å²) in [5, 5.41) is 14.6. The highest BCUT2D eigenvalue weighted by molar-refractivity contribution is 6.01. The first-order valence-corrected chi connectivity index (χ1v) is 10.4. The minimum atomic E-state index is -0.876. The molecule has 0 aliphatic heterocycles. The Hall–Kier alpha value is -3.86. The average Bonchev–Trinajstić information content (AvgIpc) is 3.03. The molecule has 8 heteroatoms. The molecule has 0 saturated carbocycles. The van der Waals surface area contributed by atoms with E-state index in [4.69, 9.17) is 4.74 Å². The van der Waals surface area contributed by atoms with Gasteiger partial charge in [-0.15, -0.1) is 0 Å². The van der Waals surface area contributed by atoms with Gasteiger partial charge in [-0.25, -0.2) is 4.79 Å². The van der Waals surface area contributed by atoms with Crippen LogP contribution < -0.4 is 10.6 Å². The number of aryl methyl sites for hydroxylation is 1. The molecular weight excluding hydrogens is 408 g/mol. The van der Waals surface area contributed by atoms with Crippen LogP contribution in [0, 0.1) is 25.2 Å². The first-order valence-electron chi connectivity index (χ1n) is 10.4. The lowest BCUT2D eigenvalue weighted by Gasteiger charge is -2.08. The van der Waals surface area contributed by atoms with Gasteiger partial charge >= 0.3 is 5.97 Å². The van der Waals surface area contributed by atoms with Crippen LogP contribution in [-0.4, -0.2) is 35.5 Å². The van der Waals surface area contributed by atoms with E-state index in [1.807, 2.05) is 32.9 Å². The normalized spacial score (nSPS) is 10.9. The highest BCUT2D eigenvalue weighted by Crippen LogP contribution is 2.19. The van der Waals surface area contributed by atoms with Crippen LogP contribution in [0.4, 0.5) is 5.69 Å². The predicted octanol–water partition coefficient (Wildman–Crippen LogP) is 3.35. The SMILES string of the molecule is CCCn1c(C)cc(/C=C(\C#N)C(=O)OCC(=O)Nc2cccc(C(=O)NCC)c2)c1C. The monoisotopic (exact) mass is 436 g/mol. The number of carbonyl (C=O) groups excluding carboxylic acids is 3. The maximum atomic E-state index is 12.3. The summed E-state index contributed by atoms with van der Waals surface area (Å²) in [6.45, 7) is 8.56. The van der Waals surface area contributed by atoms with Crippen molar-refractivity contribution in [2.24, 2.45) is 0 Å². The number of esters is 1. The molecule has 0 bridgehead atoms. The lowest BCUT2D eigenvalue weighted by atomic mass is 10.1. The summed E-state index contributed by atoms with van der Waals surface area (Å²) in [5.74, 6) is -1.71. The molecule has 8 nitrogen and oxygen atoms in total. The van der Waals surface area contributed by atoms with Crippen LogP contribution >= 0.6 is 0 Å². The molecule has 1 aromatic carbocycles. The lowest BCUT2D eigenvalue weighted by Crippen LogP contribution is -2.23. The van der Waals surface area contributed by atoms with Crippen LogP contribution in [0.2, 0.25) is 0 Å². The molecule has 2 N–H and O–H groups in total. The zero-order chi connectivity index (χ0) is 23.7. The summed E-state index contributed by atoms with van der Waals surface area (Å²) < 4.78 is 7.13. The number of amides is 2. The van der Waals surface area contributed by atoms with Gasteiger partial charge in [-0.1, -0.05) is 13.0 Å². The molecule has 2 amide bonds. The van der Waals surface area contributed by atoms with Crippen molar-refractivity contribution in [2.45, 2.75) is 40.7 Å². The molecular formula is C24H28N4O4. The minimum Gasteiger partial charge on any atom is -0.451 e. The molecule has 0 aliphatic carbocycles. The number of anilines is 1. The largest absolute Gasteiger partial charge is 0.451 e. The Bertz CT molecular complexity index is 1080. The number of hydrogen-bond donors (Lipinski definition) is 2. The van der Waals surface area contributed by atoms with Crippen LogP contribution in [0.3, 0.4) is 0 Å². The first-order chi connectivity index (χ1) is 15.3. The minimum absolute atomic E-state index is 0.187. The van der Waals surface area contributed by atoms with Gasteiger partial charge in [0.25, 0.3) is 11.8 Å². The van der Waals surface area contributed by atoms with Gasteiger partial charge in [-0.05, 0) is 63.1 Å². The van der Waals surface area contributed by atoms with Crippen molar-refractivity contribution in [3.63, 3.8) is 0 Å². The number of benzene rings is 1. The third-order valence-electron chi connectivity index (χ3n) is 4.78. The van der Waals surface area contributed by atoms with Gasteiger partial charge < -0.3 is 19.9 Å². The number of ether oxygens (including phenoxy) is 1. The van der Waals surface area contributed by atoms with Crippen LogP contribution in [0.1, 0.15) is 47.6 Å². The molecule has 1 aromatic heterocycles. The zero-order valence-corrected chi connectivity index (χ0v) is 18.8. The summed E-state index contributed by atoms with van der Waals surface area (Å²) in [6.07, 6.45) is 2.44. The lowest BCUT2D eigenvalue weighted by molar-refractivity contribution is -0.142. The van der Waals surface area contributed by atoms with Crippen LogP contribution in [-0.2, 0) is 20.9 Å². The molecule has 0 saturated heterocycles. The highest BCUT2D eigenvalue weighted by Gasteiger charge is 2.16. The summed E-state index contributed by atoms with van der Waals surface area (Å²) >= 11 is 0. The van der Waals surface area contributed by atoms with Gasteiger partial charge in [0.2, 0.25) is 0 Å². The first kappa shape index (κ1) is 24.4. The van der Waals surface area contributed by atoms with Gasteiger partial charge in [0.15, 0.2) is 6.61 Å². The fourth-order valence-electron chi connectivity index (χ4n) is 3.24. The van der Waals surface area contributed by atoms with Crippen molar-refractivity contribution in [3.05, 3.63) is 58.4 Å². The van der Waals surface area contributed by atoms with Crippen molar-refractivity contribution in [1.29, 1.82) is 5.26 Å². The molecule has 0 unspecified atom stereocenters. The second-order valence-corrected chi connectivity index (χ2v) is 7.21. The van der Waals surface area contributed by atoms with E-state index in [0.717, 1.165) is 29.9 Å². The van der Waals surface area contributed by atoms with E-state index in [1.165, 1.54) is 12.1 Å². The summed E-state index contributed by atoms with van der Waals surface area (Å²) in [6, 6.07) is 10.2. The molecule has 0 atom stereocenters. The van der Waals surface area contributed by atoms with Crippen molar-refractivity contribution in [3.8, 4) is 6.07 Å². The number of aromatic nitrogens is 1. The van der Waals surface area contributed by atoms with Crippen molar-refractivity contribution in [2.75, 3.05) is 18.5 Å². The van der Waals surface area contributed by atoms with Gasteiger partial charge in [-0.2, -0.15) is 5.26 Å². The summed E-state index contributed by atoms with van der Waals surface area (Å²) in [5.41, 5.74) is 3.36. The average molecular weight is 437 g/mol. The molecule has 0 spiro atoms. The number of nitriles is 1. The topological polar surface area (TPSA) is 113 Å². The number of rotatable bonds is 9. The van der Waals surface area contributed by atoms with Gasteiger partial charge in [0.05, 0.1) is 0 Å². The Morgan fingerprint density at radius 2 is 1.94 bits per heavy atom. The molecule has 168 valence electrons. The smallest absolute Gasteiger partial charge is 0.349 e. The van der Waals surface area contributed by atoms with Crippen molar-refractivity contribution >= 4 is 29.5 Å². The second-order valence-electron chi connectivity index (χ2n) is 7.21. The maximum Gasteiger partial charge on any atom is 0.349 e. The van der Waals surface area contributed by atoms with E-state index >= 15 is 0 Å². The zero-order valence-electron chi connectivity index (χ0n) is 18.8. The molecule has 32 heavy (non-hydrogen) atoms. The number of nitrogens with one attached hydrogen (secondary N) is 2. The third-order valence-corrected chi connectivity index (χ3v) is 4.78. The van der Waals surface area contributed by atoms with Crippen molar-refractivity contribution in [1.82, 2.24) is 9.88 Å². The Morgan fingerprint density at radius 1 is 1.19 bits per heavy atom. The number of carbonyl (C=O) groups is 3. The van der Waals surface area contributed by atoms with E-state index in [9.17, 15) is 19.6 Å². The molecule has 2 aromatic rings. The Labute approximate surface area is 187 Å². The summed E-state index contributed by atoms with van der Waals surface area (Å²) in [7, 11) is 0. The quantitative estimate of drug-likeness (QED) is 0.356. The Kier molecular flexibility index (Phi) is 8.78. The van der Waals surface area contributed by atoms with E-state index in [-0.39, 0.29) is 11.5 Å². The molecule has 0 aliphatic rings. The van der Waals surface area contributed by atoms with Gasteiger partial charge in [0.1, 0.15) is 11.6 Å². The molecule has 0 fully saturated rings. The van der Waals surface area contributed by atoms with Crippen LogP contribution in [0.25, 0.3) is 6.08 Å². The van der Waals surface area contributed by atoms with E-state index < -0.39 is 18.5 Å². The van der Waals surface area contributed by atoms with Gasteiger partial charge in [-0.3, -0.25) is 9.59 Å². The van der Waals surface area contributed by atoms with Crippen LogP contribution in [0.15, 0.2) is 35.9 Å². The standard InChI is InChI=1S/C24H28N4O4/c1-5-10-28-16(3)11-19(17(28)4)12-20(14-25)24(31)32-15-22(29)27-21-9-7-8-18(13-21)23(30)26-6-2/h7-9,11-13H,5-6,10,15H2,1-4H3,(H,26,30)(H,27,29)/b20-12+. The van der Waals surface area contributed by atoms with E-state index in [0.29, 0.717) is 17.8 Å². The third kappa shape index (κ3) is 6.32. The van der Waals surface area contributed by atoms with Crippen LogP contribution in [0.5, 0.6) is 0 Å². The molecule has 2 rings (SSSR count). The van der Waals surface area contributed by atoms with E-state index in [1.54, 1.807) is 18.2 Å². The second kappa shape index (κ2) is 11.5. The van der Waals surface area contributed by atoms with Crippen molar-refractivity contribution < 1.29 is 19.1 Å². The maximum absolute atomic E-state index is 12.3. The highest BCUT2D eigenvalue weighted by atomic mass is 16.5. The molecule has 1 heterocycles. The fraction of sp³-hybridized carbons (Fsp3) is 0.333.